The number of rotatable bonds is 4. The van der Waals surface area contributed by atoms with Crippen LogP contribution in [0.5, 0.6) is 0 Å². The molecule has 1 amide bonds. The van der Waals surface area contributed by atoms with Gasteiger partial charge in [0.25, 0.3) is 0 Å². The Bertz CT molecular complexity index is 838. The summed E-state index contributed by atoms with van der Waals surface area (Å²) in [4.78, 5) is 13.8. The second kappa shape index (κ2) is 8.19. The van der Waals surface area contributed by atoms with Crippen molar-refractivity contribution in [3.05, 3.63) is 47.8 Å². The summed E-state index contributed by atoms with van der Waals surface area (Å²) in [5, 5.41) is 8.63. The van der Waals surface area contributed by atoms with Gasteiger partial charge in [0.15, 0.2) is 0 Å². The van der Waals surface area contributed by atoms with E-state index in [0.29, 0.717) is 18.7 Å². The minimum atomic E-state index is -0.184. The van der Waals surface area contributed by atoms with Crippen molar-refractivity contribution in [2.45, 2.75) is 58.5 Å². The average molecular weight is 397 g/mol. The summed E-state index contributed by atoms with van der Waals surface area (Å²) in [6, 6.07) is 11.1. The first kappa shape index (κ1) is 20.0. The summed E-state index contributed by atoms with van der Waals surface area (Å²) >= 11 is 0. The van der Waals surface area contributed by atoms with Gasteiger partial charge in [-0.15, -0.1) is 0 Å². The molecule has 0 unspecified atom stereocenters. The van der Waals surface area contributed by atoms with Crippen molar-refractivity contribution in [3.8, 4) is 5.69 Å². The number of likely N-dealkylation sites (tertiary alicyclic amines) is 1. The summed E-state index contributed by atoms with van der Waals surface area (Å²) < 4.78 is 7.25. The highest BCUT2D eigenvalue weighted by molar-refractivity contribution is 5.67. The maximum Gasteiger partial charge on any atom is 0.409 e. The van der Waals surface area contributed by atoms with Crippen molar-refractivity contribution in [2.24, 2.45) is 5.41 Å². The molecule has 2 heterocycles. The molecule has 0 radical (unpaired) electrons. The van der Waals surface area contributed by atoms with E-state index in [2.05, 4.69) is 48.1 Å². The lowest BCUT2D eigenvalue weighted by molar-refractivity contribution is 0.0931. The van der Waals surface area contributed by atoms with Gasteiger partial charge in [-0.25, -0.2) is 9.48 Å². The van der Waals surface area contributed by atoms with Crippen LogP contribution in [0.4, 0.5) is 4.79 Å². The molecule has 1 aromatic heterocycles. The van der Waals surface area contributed by atoms with E-state index in [0.717, 1.165) is 44.5 Å². The SMILES string of the molecule is CCOC(=O)N1CCC(N[C@@H]2CC(C)(C)Cc3c2cnn3-c2ccccc2)CC1. The Hall–Kier alpha value is -2.34. The summed E-state index contributed by atoms with van der Waals surface area (Å²) in [5.74, 6) is 0. The predicted molar refractivity (Wildman–Crippen MR) is 113 cm³/mol. The summed E-state index contributed by atoms with van der Waals surface area (Å²) in [7, 11) is 0. The summed E-state index contributed by atoms with van der Waals surface area (Å²) in [6.45, 7) is 8.48. The van der Waals surface area contributed by atoms with E-state index < -0.39 is 0 Å². The zero-order valence-corrected chi connectivity index (χ0v) is 17.7. The number of amides is 1. The normalized spacial score (nSPS) is 21.6. The molecule has 0 bridgehead atoms. The summed E-state index contributed by atoms with van der Waals surface area (Å²) in [6.07, 6.45) is 5.89. The molecule has 2 aliphatic rings. The number of nitrogens with one attached hydrogen (secondary N) is 1. The fourth-order valence-electron chi connectivity index (χ4n) is 4.71. The Morgan fingerprint density at radius 2 is 1.97 bits per heavy atom. The molecule has 1 atom stereocenters. The number of carbonyl (C=O) groups is 1. The van der Waals surface area contributed by atoms with E-state index in [-0.39, 0.29) is 11.5 Å². The Kier molecular flexibility index (Phi) is 5.63. The number of ether oxygens (including phenoxy) is 1. The van der Waals surface area contributed by atoms with Gasteiger partial charge in [-0.2, -0.15) is 5.10 Å². The van der Waals surface area contributed by atoms with Crippen LogP contribution < -0.4 is 5.32 Å². The van der Waals surface area contributed by atoms with Gasteiger partial charge >= 0.3 is 6.09 Å². The predicted octanol–water partition coefficient (Wildman–Crippen LogP) is 4.10. The van der Waals surface area contributed by atoms with E-state index in [1.807, 2.05) is 24.1 Å². The molecule has 1 aliphatic heterocycles. The third kappa shape index (κ3) is 4.32. The van der Waals surface area contributed by atoms with Gasteiger partial charge in [0.2, 0.25) is 0 Å². The summed E-state index contributed by atoms with van der Waals surface area (Å²) in [5.41, 5.74) is 3.96. The molecule has 1 aliphatic carbocycles. The first-order valence-corrected chi connectivity index (χ1v) is 10.8. The lowest BCUT2D eigenvalue weighted by Gasteiger charge is -2.39. The van der Waals surface area contributed by atoms with Gasteiger partial charge in [0.05, 0.1) is 18.5 Å². The van der Waals surface area contributed by atoms with Crippen LogP contribution in [0.2, 0.25) is 0 Å². The van der Waals surface area contributed by atoms with Crippen molar-refractivity contribution in [1.82, 2.24) is 20.0 Å². The number of hydrogen-bond donors (Lipinski definition) is 1. The highest BCUT2D eigenvalue weighted by atomic mass is 16.6. The van der Waals surface area contributed by atoms with E-state index >= 15 is 0 Å². The van der Waals surface area contributed by atoms with Crippen molar-refractivity contribution in [3.63, 3.8) is 0 Å². The third-order valence-corrected chi connectivity index (χ3v) is 6.14. The zero-order valence-electron chi connectivity index (χ0n) is 17.7. The number of para-hydroxylation sites is 1. The number of benzene rings is 1. The van der Waals surface area contributed by atoms with Gasteiger partial charge in [-0.3, -0.25) is 0 Å². The van der Waals surface area contributed by atoms with E-state index in [1.165, 1.54) is 11.3 Å². The van der Waals surface area contributed by atoms with Crippen LogP contribution >= 0.6 is 0 Å². The largest absolute Gasteiger partial charge is 0.450 e. The van der Waals surface area contributed by atoms with Gasteiger partial charge < -0.3 is 15.0 Å². The topological polar surface area (TPSA) is 59.4 Å². The van der Waals surface area contributed by atoms with Gasteiger partial charge in [0.1, 0.15) is 0 Å². The average Bonchev–Trinajstić information content (AvgIpc) is 3.12. The van der Waals surface area contributed by atoms with Gasteiger partial charge in [-0.1, -0.05) is 32.0 Å². The van der Waals surface area contributed by atoms with Crippen LogP contribution in [0.1, 0.15) is 57.3 Å². The molecule has 1 fully saturated rings. The molecule has 29 heavy (non-hydrogen) atoms. The molecule has 1 saturated heterocycles. The number of piperidine rings is 1. The lowest BCUT2D eigenvalue weighted by Crippen LogP contribution is -2.47. The molecule has 4 rings (SSSR count). The molecule has 0 spiro atoms. The van der Waals surface area contributed by atoms with Crippen molar-refractivity contribution in [2.75, 3.05) is 19.7 Å². The van der Waals surface area contributed by atoms with Crippen LogP contribution in [0.15, 0.2) is 36.5 Å². The quantitative estimate of drug-likeness (QED) is 0.845. The van der Waals surface area contributed by atoms with Crippen LogP contribution in [-0.2, 0) is 11.2 Å². The monoisotopic (exact) mass is 396 g/mol. The van der Waals surface area contributed by atoms with E-state index in [4.69, 9.17) is 9.84 Å². The molecule has 0 saturated carbocycles. The first-order valence-electron chi connectivity index (χ1n) is 10.8. The molecular weight excluding hydrogens is 364 g/mol. The highest BCUT2D eigenvalue weighted by Gasteiger charge is 2.36. The minimum absolute atomic E-state index is 0.184. The molecule has 2 aromatic rings. The van der Waals surface area contributed by atoms with Crippen LogP contribution in [0.25, 0.3) is 5.69 Å². The van der Waals surface area contributed by atoms with Crippen molar-refractivity contribution < 1.29 is 9.53 Å². The number of fused-ring (bicyclic) bond motifs is 1. The molecule has 156 valence electrons. The zero-order chi connectivity index (χ0) is 20.4. The maximum atomic E-state index is 12.0. The fraction of sp³-hybridized carbons (Fsp3) is 0.565. The molecule has 6 nitrogen and oxygen atoms in total. The van der Waals surface area contributed by atoms with Crippen LogP contribution in [-0.4, -0.2) is 46.5 Å². The standard InChI is InChI=1S/C23H32N4O2/c1-4-29-22(28)26-12-10-17(11-13-26)25-20-14-23(2,3)15-21-19(20)16-24-27(21)18-8-6-5-7-9-18/h5-9,16-17,20,25H,4,10-15H2,1-3H3/t20-/m1/s1. The number of hydrogen-bond acceptors (Lipinski definition) is 4. The van der Waals surface area contributed by atoms with E-state index in [9.17, 15) is 4.79 Å². The third-order valence-electron chi connectivity index (χ3n) is 6.14. The van der Waals surface area contributed by atoms with Gasteiger partial charge in [0, 0.05) is 36.4 Å². The molecular formula is C23H32N4O2. The van der Waals surface area contributed by atoms with Crippen molar-refractivity contribution in [1.29, 1.82) is 0 Å². The number of carbonyl (C=O) groups excluding carboxylic acids is 1. The van der Waals surface area contributed by atoms with Crippen molar-refractivity contribution >= 4 is 6.09 Å². The van der Waals surface area contributed by atoms with Gasteiger partial charge in [-0.05, 0) is 50.2 Å². The first-order chi connectivity index (χ1) is 14.0. The van der Waals surface area contributed by atoms with E-state index in [1.54, 1.807) is 0 Å². The number of nitrogens with zero attached hydrogens (tertiary/aromatic N) is 3. The maximum absolute atomic E-state index is 12.0. The Morgan fingerprint density at radius 1 is 1.24 bits per heavy atom. The molecule has 6 heteroatoms. The molecule has 1 N–H and O–H groups in total. The lowest BCUT2D eigenvalue weighted by atomic mass is 9.74. The second-order valence-corrected chi connectivity index (χ2v) is 9.02. The smallest absolute Gasteiger partial charge is 0.409 e. The van der Waals surface area contributed by atoms with Crippen LogP contribution in [0, 0.1) is 5.41 Å². The minimum Gasteiger partial charge on any atom is -0.450 e. The highest BCUT2D eigenvalue weighted by Crippen LogP contribution is 2.41. The molecule has 1 aromatic carbocycles. The van der Waals surface area contributed by atoms with Crippen LogP contribution in [0.3, 0.4) is 0 Å². The second-order valence-electron chi connectivity index (χ2n) is 9.02. The Morgan fingerprint density at radius 3 is 2.66 bits per heavy atom. The fourth-order valence-corrected chi connectivity index (χ4v) is 4.71. The Labute approximate surface area is 173 Å². The Balaban J connectivity index is 1.49. The number of aromatic nitrogens is 2.